The minimum absolute atomic E-state index is 0.690. The number of hydrogen-bond donors (Lipinski definition) is 1. The summed E-state index contributed by atoms with van der Waals surface area (Å²) < 4.78 is 2.11. The highest BCUT2D eigenvalue weighted by Crippen LogP contribution is 2.08. The van der Waals surface area contributed by atoms with E-state index in [0.29, 0.717) is 6.04 Å². The van der Waals surface area contributed by atoms with Gasteiger partial charge in [0, 0.05) is 31.9 Å². The lowest BCUT2D eigenvalue weighted by atomic mass is 10.0. The van der Waals surface area contributed by atoms with E-state index in [1.165, 1.54) is 31.5 Å². The van der Waals surface area contributed by atoms with Gasteiger partial charge < -0.3 is 9.88 Å². The van der Waals surface area contributed by atoms with Crippen LogP contribution in [0.15, 0.2) is 12.4 Å². The Morgan fingerprint density at radius 2 is 2.19 bits per heavy atom. The van der Waals surface area contributed by atoms with E-state index in [2.05, 4.69) is 35.8 Å². The first kappa shape index (κ1) is 13.2. The van der Waals surface area contributed by atoms with Gasteiger partial charge in [-0.1, -0.05) is 20.3 Å². The molecule has 1 N–H and O–H groups in total. The van der Waals surface area contributed by atoms with E-state index in [-0.39, 0.29) is 0 Å². The maximum Gasteiger partial charge on any atom is 0.108 e. The Balaban J connectivity index is 2.24. The minimum Gasteiger partial charge on any atom is -0.338 e. The Kier molecular flexibility index (Phi) is 6.16. The number of aromatic nitrogens is 2. The molecule has 1 atom stereocenters. The standard InChI is InChI=1S/C13H25N3/c1-4-7-12(14-5-2)8-6-9-13-15-10-11-16(13)3/h10-12,14H,4-9H2,1-3H3. The maximum atomic E-state index is 4.35. The van der Waals surface area contributed by atoms with Gasteiger partial charge in [-0.2, -0.15) is 0 Å². The van der Waals surface area contributed by atoms with Crippen LogP contribution in [0.1, 0.15) is 45.4 Å². The maximum absolute atomic E-state index is 4.35. The first-order valence-corrected chi connectivity index (χ1v) is 6.47. The predicted molar refractivity (Wildman–Crippen MR) is 68.5 cm³/mol. The van der Waals surface area contributed by atoms with Crippen LogP contribution in [0.4, 0.5) is 0 Å². The van der Waals surface area contributed by atoms with Crippen molar-refractivity contribution in [2.45, 2.75) is 52.0 Å². The first-order valence-electron chi connectivity index (χ1n) is 6.47. The van der Waals surface area contributed by atoms with Crippen molar-refractivity contribution < 1.29 is 0 Å². The summed E-state index contributed by atoms with van der Waals surface area (Å²) in [5, 5.41) is 3.55. The van der Waals surface area contributed by atoms with Crippen molar-refractivity contribution in [2.75, 3.05) is 6.54 Å². The average molecular weight is 223 g/mol. The lowest BCUT2D eigenvalue weighted by molar-refractivity contribution is 0.444. The fourth-order valence-electron chi connectivity index (χ4n) is 2.13. The third-order valence-electron chi connectivity index (χ3n) is 3.00. The largest absolute Gasteiger partial charge is 0.338 e. The summed E-state index contributed by atoms with van der Waals surface area (Å²) >= 11 is 0. The first-order chi connectivity index (χ1) is 7.77. The fourth-order valence-corrected chi connectivity index (χ4v) is 2.13. The number of hydrogen-bond acceptors (Lipinski definition) is 2. The van der Waals surface area contributed by atoms with Crippen molar-refractivity contribution in [3.05, 3.63) is 18.2 Å². The average Bonchev–Trinajstić information content (AvgIpc) is 2.65. The van der Waals surface area contributed by atoms with Crippen LogP contribution in [-0.2, 0) is 13.5 Å². The van der Waals surface area contributed by atoms with Crippen LogP contribution >= 0.6 is 0 Å². The van der Waals surface area contributed by atoms with Crippen LogP contribution in [0.5, 0.6) is 0 Å². The van der Waals surface area contributed by atoms with E-state index < -0.39 is 0 Å². The van der Waals surface area contributed by atoms with Gasteiger partial charge in [-0.3, -0.25) is 0 Å². The van der Waals surface area contributed by atoms with Gasteiger partial charge in [-0.25, -0.2) is 4.98 Å². The summed E-state index contributed by atoms with van der Waals surface area (Å²) in [6, 6.07) is 0.690. The molecule has 0 aliphatic carbocycles. The Labute approximate surface area is 99.3 Å². The molecular formula is C13H25N3. The second-order valence-electron chi connectivity index (χ2n) is 4.39. The summed E-state index contributed by atoms with van der Waals surface area (Å²) in [5.74, 6) is 1.20. The molecule has 3 nitrogen and oxygen atoms in total. The molecule has 0 aliphatic heterocycles. The van der Waals surface area contributed by atoms with E-state index in [0.717, 1.165) is 13.0 Å². The third kappa shape index (κ3) is 4.35. The van der Waals surface area contributed by atoms with Gasteiger partial charge in [0.2, 0.25) is 0 Å². The van der Waals surface area contributed by atoms with Gasteiger partial charge in [-0.05, 0) is 25.8 Å². The molecule has 1 aromatic heterocycles. The molecule has 0 saturated carbocycles. The van der Waals surface area contributed by atoms with Crippen molar-refractivity contribution in [2.24, 2.45) is 7.05 Å². The highest BCUT2D eigenvalue weighted by molar-refractivity contribution is 4.91. The van der Waals surface area contributed by atoms with Crippen LogP contribution in [-0.4, -0.2) is 22.1 Å². The zero-order valence-electron chi connectivity index (χ0n) is 10.9. The predicted octanol–water partition coefficient (Wildman–Crippen LogP) is 2.52. The van der Waals surface area contributed by atoms with Crippen molar-refractivity contribution in [3.8, 4) is 0 Å². The van der Waals surface area contributed by atoms with Gasteiger partial charge in [0.1, 0.15) is 5.82 Å². The molecule has 92 valence electrons. The number of nitrogens with zero attached hydrogens (tertiary/aromatic N) is 2. The topological polar surface area (TPSA) is 29.9 Å². The van der Waals surface area contributed by atoms with Crippen molar-refractivity contribution in [1.82, 2.24) is 14.9 Å². The normalized spacial score (nSPS) is 12.9. The molecule has 0 bridgehead atoms. The highest BCUT2D eigenvalue weighted by atomic mass is 15.0. The smallest absolute Gasteiger partial charge is 0.108 e. The molecule has 0 amide bonds. The molecular weight excluding hydrogens is 198 g/mol. The van der Waals surface area contributed by atoms with Crippen LogP contribution < -0.4 is 5.32 Å². The van der Waals surface area contributed by atoms with Crippen LogP contribution in [0, 0.1) is 0 Å². The lowest BCUT2D eigenvalue weighted by Crippen LogP contribution is -2.28. The summed E-state index contributed by atoms with van der Waals surface area (Å²) in [4.78, 5) is 4.35. The molecule has 0 aromatic carbocycles. The molecule has 0 fully saturated rings. The van der Waals surface area contributed by atoms with E-state index in [9.17, 15) is 0 Å². The summed E-state index contributed by atoms with van der Waals surface area (Å²) in [5.41, 5.74) is 0. The van der Waals surface area contributed by atoms with Gasteiger partial charge >= 0.3 is 0 Å². The SMILES string of the molecule is CCCC(CCCc1nccn1C)NCC. The summed E-state index contributed by atoms with van der Waals surface area (Å²) in [7, 11) is 2.07. The minimum atomic E-state index is 0.690. The molecule has 0 spiro atoms. The van der Waals surface area contributed by atoms with Crippen molar-refractivity contribution >= 4 is 0 Å². The molecule has 0 radical (unpaired) electrons. The fraction of sp³-hybridized carbons (Fsp3) is 0.769. The molecule has 1 unspecified atom stereocenters. The molecule has 0 saturated heterocycles. The number of aryl methyl sites for hydroxylation is 2. The molecule has 16 heavy (non-hydrogen) atoms. The van der Waals surface area contributed by atoms with E-state index >= 15 is 0 Å². The number of nitrogens with one attached hydrogen (secondary N) is 1. The zero-order valence-corrected chi connectivity index (χ0v) is 10.9. The third-order valence-corrected chi connectivity index (χ3v) is 3.00. The molecule has 1 heterocycles. The van der Waals surface area contributed by atoms with Gasteiger partial charge in [0.05, 0.1) is 0 Å². The van der Waals surface area contributed by atoms with Crippen LogP contribution in [0.3, 0.4) is 0 Å². The Morgan fingerprint density at radius 3 is 2.75 bits per heavy atom. The Bertz CT molecular complexity index is 274. The molecule has 0 aliphatic rings. The second-order valence-corrected chi connectivity index (χ2v) is 4.39. The Hall–Kier alpha value is -0.830. The molecule has 3 heteroatoms. The van der Waals surface area contributed by atoms with Gasteiger partial charge in [0.25, 0.3) is 0 Å². The Morgan fingerprint density at radius 1 is 1.38 bits per heavy atom. The van der Waals surface area contributed by atoms with Crippen molar-refractivity contribution in [3.63, 3.8) is 0 Å². The second kappa shape index (κ2) is 7.44. The van der Waals surface area contributed by atoms with Gasteiger partial charge in [-0.15, -0.1) is 0 Å². The molecule has 1 aromatic rings. The zero-order chi connectivity index (χ0) is 11.8. The molecule has 1 rings (SSSR count). The van der Waals surface area contributed by atoms with E-state index in [1.807, 2.05) is 12.4 Å². The van der Waals surface area contributed by atoms with Crippen molar-refractivity contribution in [1.29, 1.82) is 0 Å². The van der Waals surface area contributed by atoms with Crippen LogP contribution in [0.2, 0.25) is 0 Å². The highest BCUT2D eigenvalue weighted by Gasteiger charge is 2.06. The van der Waals surface area contributed by atoms with Gasteiger partial charge in [0.15, 0.2) is 0 Å². The monoisotopic (exact) mass is 223 g/mol. The number of imidazole rings is 1. The summed E-state index contributed by atoms with van der Waals surface area (Å²) in [6.45, 7) is 5.51. The lowest BCUT2D eigenvalue weighted by Gasteiger charge is -2.16. The number of rotatable bonds is 8. The quantitative estimate of drug-likeness (QED) is 0.734. The van der Waals surface area contributed by atoms with Crippen LogP contribution in [0.25, 0.3) is 0 Å². The van der Waals surface area contributed by atoms with E-state index in [1.54, 1.807) is 0 Å². The van der Waals surface area contributed by atoms with E-state index in [4.69, 9.17) is 0 Å². The summed E-state index contributed by atoms with van der Waals surface area (Å²) in [6.07, 6.45) is 10.0.